The van der Waals surface area contributed by atoms with Crippen molar-refractivity contribution in [3.8, 4) is 5.75 Å². The number of aliphatic hydroxyl groups is 1. The van der Waals surface area contributed by atoms with Crippen LogP contribution in [0.15, 0.2) is 59.5 Å². The van der Waals surface area contributed by atoms with E-state index in [-0.39, 0.29) is 11.5 Å². The van der Waals surface area contributed by atoms with Gasteiger partial charge in [0.2, 0.25) is 0 Å². The fourth-order valence-electron chi connectivity index (χ4n) is 1.59. The number of hydrogen-bond donors (Lipinski definition) is 1. The first-order valence-corrected chi connectivity index (χ1v) is 7.89. The third-order valence-corrected chi connectivity index (χ3v) is 4.00. The smallest absolute Gasteiger partial charge is 0.297 e. The monoisotopic (exact) mass is 326 g/mol. The van der Waals surface area contributed by atoms with E-state index < -0.39 is 28.6 Å². The fourth-order valence-corrected chi connectivity index (χ4v) is 2.56. The highest BCUT2D eigenvalue weighted by Crippen LogP contribution is 2.13. The summed E-state index contributed by atoms with van der Waals surface area (Å²) in [5, 5.41) is 9.69. The van der Waals surface area contributed by atoms with E-state index >= 15 is 0 Å². The summed E-state index contributed by atoms with van der Waals surface area (Å²) in [5.41, 5.74) is 0. The summed E-state index contributed by atoms with van der Waals surface area (Å²) in [7, 11) is -3.91. The normalized spacial score (nSPS) is 12.8. The Balaban J connectivity index is 1.82. The molecule has 0 aromatic heterocycles. The van der Waals surface area contributed by atoms with Crippen LogP contribution in [-0.4, -0.2) is 32.8 Å². The summed E-state index contributed by atoms with van der Waals surface area (Å²) in [6, 6.07) is 12.9. The van der Waals surface area contributed by atoms with E-state index in [4.69, 9.17) is 8.92 Å². The third-order valence-electron chi connectivity index (χ3n) is 2.70. The van der Waals surface area contributed by atoms with Gasteiger partial charge in [-0.2, -0.15) is 8.42 Å². The Morgan fingerprint density at radius 2 is 1.64 bits per heavy atom. The first-order chi connectivity index (χ1) is 10.5. The molecule has 0 unspecified atom stereocenters. The van der Waals surface area contributed by atoms with E-state index in [1.54, 1.807) is 18.2 Å². The quantitative estimate of drug-likeness (QED) is 0.788. The number of halogens is 1. The molecule has 0 spiro atoms. The van der Waals surface area contributed by atoms with Crippen LogP contribution < -0.4 is 4.74 Å². The summed E-state index contributed by atoms with van der Waals surface area (Å²) in [6.07, 6.45) is -1.14. The summed E-state index contributed by atoms with van der Waals surface area (Å²) in [4.78, 5) is 0.0154. The van der Waals surface area contributed by atoms with Crippen LogP contribution in [0.4, 0.5) is 4.39 Å². The zero-order valence-corrected chi connectivity index (χ0v) is 12.4. The van der Waals surface area contributed by atoms with E-state index in [1.165, 1.54) is 36.4 Å². The van der Waals surface area contributed by atoms with E-state index in [1.807, 2.05) is 0 Å². The average Bonchev–Trinajstić information content (AvgIpc) is 2.53. The molecule has 0 radical (unpaired) electrons. The van der Waals surface area contributed by atoms with Crippen molar-refractivity contribution in [3.63, 3.8) is 0 Å². The molecular weight excluding hydrogens is 311 g/mol. The molecule has 0 saturated carbocycles. The van der Waals surface area contributed by atoms with Gasteiger partial charge in [-0.25, -0.2) is 4.39 Å². The second kappa shape index (κ2) is 7.35. The molecule has 0 saturated heterocycles. The van der Waals surface area contributed by atoms with E-state index in [0.717, 1.165) is 0 Å². The Morgan fingerprint density at radius 1 is 1.00 bits per heavy atom. The molecule has 2 aromatic carbocycles. The molecule has 0 aliphatic rings. The van der Waals surface area contributed by atoms with Crippen LogP contribution in [0.5, 0.6) is 5.75 Å². The zero-order chi connectivity index (χ0) is 16.0. The molecule has 0 aliphatic heterocycles. The van der Waals surface area contributed by atoms with Crippen LogP contribution in [0.3, 0.4) is 0 Å². The van der Waals surface area contributed by atoms with Crippen molar-refractivity contribution in [1.29, 1.82) is 0 Å². The van der Waals surface area contributed by atoms with Crippen LogP contribution >= 0.6 is 0 Å². The second-order valence-electron chi connectivity index (χ2n) is 4.47. The van der Waals surface area contributed by atoms with Gasteiger partial charge >= 0.3 is 0 Å². The van der Waals surface area contributed by atoms with Crippen molar-refractivity contribution in [3.05, 3.63) is 60.4 Å². The Kier molecular flexibility index (Phi) is 5.48. The van der Waals surface area contributed by atoms with Gasteiger partial charge in [0.15, 0.2) is 0 Å². The molecule has 0 aliphatic carbocycles. The Bertz CT molecular complexity index is 686. The first kappa shape index (κ1) is 16.4. The summed E-state index contributed by atoms with van der Waals surface area (Å²) in [6.45, 7) is -0.603. The predicted molar refractivity (Wildman–Crippen MR) is 77.5 cm³/mol. The third kappa shape index (κ3) is 4.80. The number of benzene rings is 2. The molecule has 0 fully saturated rings. The molecule has 0 bridgehead atoms. The van der Waals surface area contributed by atoms with Crippen molar-refractivity contribution in [1.82, 2.24) is 0 Å². The van der Waals surface area contributed by atoms with E-state index in [9.17, 15) is 17.9 Å². The van der Waals surface area contributed by atoms with E-state index in [0.29, 0.717) is 5.75 Å². The zero-order valence-electron chi connectivity index (χ0n) is 11.6. The van der Waals surface area contributed by atoms with Gasteiger partial charge in [-0.1, -0.05) is 18.2 Å². The van der Waals surface area contributed by atoms with Crippen LogP contribution in [0.2, 0.25) is 0 Å². The lowest BCUT2D eigenvalue weighted by Gasteiger charge is -2.12. The largest absolute Gasteiger partial charge is 0.491 e. The molecule has 2 rings (SSSR count). The van der Waals surface area contributed by atoms with Crippen LogP contribution in [-0.2, 0) is 14.3 Å². The van der Waals surface area contributed by atoms with Crippen molar-refractivity contribution in [2.45, 2.75) is 11.0 Å². The Labute approximate surface area is 128 Å². The maximum atomic E-state index is 12.7. The van der Waals surface area contributed by atoms with Gasteiger partial charge < -0.3 is 9.84 Å². The van der Waals surface area contributed by atoms with Crippen molar-refractivity contribution >= 4 is 10.1 Å². The van der Waals surface area contributed by atoms with Gasteiger partial charge in [-0.3, -0.25) is 4.18 Å². The summed E-state index contributed by atoms with van der Waals surface area (Å²) < 4.78 is 46.3. The second-order valence-corrected chi connectivity index (χ2v) is 6.09. The molecule has 7 heteroatoms. The van der Waals surface area contributed by atoms with Gasteiger partial charge in [0.25, 0.3) is 10.1 Å². The lowest BCUT2D eigenvalue weighted by Crippen LogP contribution is -2.25. The van der Waals surface area contributed by atoms with E-state index in [2.05, 4.69) is 0 Å². The number of rotatable bonds is 7. The SMILES string of the molecule is O=S(=O)(OC[C@@H](O)COc1ccc(F)cc1)c1ccccc1. The van der Waals surface area contributed by atoms with Gasteiger partial charge in [0.1, 0.15) is 24.3 Å². The van der Waals surface area contributed by atoms with Gasteiger partial charge in [0.05, 0.1) is 11.5 Å². The van der Waals surface area contributed by atoms with Gasteiger partial charge in [-0.15, -0.1) is 0 Å². The van der Waals surface area contributed by atoms with Gasteiger partial charge in [0, 0.05) is 0 Å². The first-order valence-electron chi connectivity index (χ1n) is 6.48. The number of hydrogen-bond acceptors (Lipinski definition) is 5. The van der Waals surface area contributed by atoms with Crippen LogP contribution in [0.1, 0.15) is 0 Å². The molecule has 0 amide bonds. The maximum absolute atomic E-state index is 12.7. The average molecular weight is 326 g/mol. The topological polar surface area (TPSA) is 72.8 Å². The summed E-state index contributed by atoms with van der Waals surface area (Å²) in [5.74, 6) is -0.0310. The van der Waals surface area contributed by atoms with Crippen molar-refractivity contribution in [2.24, 2.45) is 0 Å². The highest BCUT2D eigenvalue weighted by atomic mass is 32.2. The minimum atomic E-state index is -3.91. The molecule has 5 nitrogen and oxygen atoms in total. The number of ether oxygens (including phenoxy) is 1. The van der Waals surface area contributed by atoms with Crippen molar-refractivity contribution < 1.29 is 26.8 Å². The Morgan fingerprint density at radius 3 is 2.27 bits per heavy atom. The highest BCUT2D eigenvalue weighted by molar-refractivity contribution is 7.86. The molecule has 2 aromatic rings. The van der Waals surface area contributed by atoms with Crippen LogP contribution in [0.25, 0.3) is 0 Å². The lowest BCUT2D eigenvalue weighted by atomic mass is 10.3. The lowest BCUT2D eigenvalue weighted by molar-refractivity contribution is 0.0648. The highest BCUT2D eigenvalue weighted by Gasteiger charge is 2.17. The molecule has 22 heavy (non-hydrogen) atoms. The molecule has 0 heterocycles. The molecule has 1 N–H and O–H groups in total. The van der Waals surface area contributed by atoms with Crippen LogP contribution in [0, 0.1) is 5.82 Å². The fraction of sp³-hybridized carbons (Fsp3) is 0.200. The van der Waals surface area contributed by atoms with Gasteiger partial charge in [-0.05, 0) is 36.4 Å². The van der Waals surface area contributed by atoms with Crippen molar-refractivity contribution in [2.75, 3.05) is 13.2 Å². The Hall–Kier alpha value is -1.96. The molecular formula is C15H15FO5S. The summed E-state index contributed by atoms with van der Waals surface area (Å²) >= 11 is 0. The number of aliphatic hydroxyl groups excluding tert-OH is 1. The molecule has 118 valence electrons. The molecule has 1 atom stereocenters. The minimum Gasteiger partial charge on any atom is -0.491 e. The minimum absolute atomic E-state index is 0.0154. The predicted octanol–water partition coefficient (Wildman–Crippen LogP) is 1.97. The standard InChI is InChI=1S/C15H15FO5S/c16-12-6-8-14(9-7-12)20-10-13(17)11-21-22(18,19)15-4-2-1-3-5-15/h1-9,13,17H,10-11H2/t13-/m0/s1. The maximum Gasteiger partial charge on any atom is 0.297 e.